The summed E-state index contributed by atoms with van der Waals surface area (Å²) in [6, 6.07) is 11.6. The number of hydrogen-bond donors (Lipinski definition) is 2. The maximum atomic E-state index is 13.1. The van der Waals surface area contributed by atoms with Gasteiger partial charge in [-0.15, -0.1) is 11.3 Å². The van der Waals surface area contributed by atoms with Crippen molar-refractivity contribution in [3.8, 4) is 0 Å². The van der Waals surface area contributed by atoms with Gasteiger partial charge in [0.25, 0.3) is 0 Å². The van der Waals surface area contributed by atoms with Gasteiger partial charge in [-0.2, -0.15) is 0 Å². The molecule has 0 saturated heterocycles. The van der Waals surface area contributed by atoms with Gasteiger partial charge < -0.3 is 15.2 Å². The highest BCUT2D eigenvalue weighted by Gasteiger charge is 2.48. The fraction of sp³-hybridized carbons (Fsp3) is 0.348. The molecule has 156 valence electrons. The molecule has 3 aliphatic rings. The molecular weight excluding hydrogens is 402 g/mol. The number of nitrogens with one attached hydrogen (secondary N) is 1. The van der Waals surface area contributed by atoms with Crippen LogP contribution in [0.2, 0.25) is 0 Å². The molecule has 0 spiro atoms. The van der Waals surface area contributed by atoms with E-state index in [1.54, 1.807) is 6.07 Å². The van der Waals surface area contributed by atoms with Crippen molar-refractivity contribution in [2.75, 3.05) is 12.4 Å². The van der Waals surface area contributed by atoms with Crippen LogP contribution in [-0.4, -0.2) is 30.1 Å². The highest BCUT2D eigenvalue weighted by atomic mass is 32.1. The SMILES string of the molecule is COC(=O)c1cc(Cc2ccccc2)sc1NC(=O)[C@H]1[C@H](C(=O)O)[C@H]2C=C[C@H]1CC2. The number of allylic oxidation sites excluding steroid dienone is 2. The predicted molar refractivity (Wildman–Crippen MR) is 114 cm³/mol. The zero-order valence-corrected chi connectivity index (χ0v) is 17.4. The first-order chi connectivity index (χ1) is 14.5. The van der Waals surface area contributed by atoms with Crippen molar-refractivity contribution in [1.82, 2.24) is 0 Å². The Bertz CT molecular complexity index is 996. The van der Waals surface area contributed by atoms with Crippen LogP contribution in [0, 0.1) is 23.7 Å². The fourth-order valence-electron chi connectivity index (χ4n) is 4.56. The van der Waals surface area contributed by atoms with Gasteiger partial charge in [-0.3, -0.25) is 9.59 Å². The van der Waals surface area contributed by atoms with Gasteiger partial charge in [-0.1, -0.05) is 42.5 Å². The number of hydrogen-bond acceptors (Lipinski definition) is 5. The second-order valence-electron chi connectivity index (χ2n) is 7.78. The molecule has 7 heteroatoms. The van der Waals surface area contributed by atoms with Crippen LogP contribution in [0.1, 0.15) is 33.6 Å². The van der Waals surface area contributed by atoms with Gasteiger partial charge in [0.2, 0.25) is 5.91 Å². The molecule has 0 aliphatic heterocycles. The Morgan fingerprint density at radius 1 is 1.10 bits per heavy atom. The van der Waals surface area contributed by atoms with Gasteiger partial charge in [0.1, 0.15) is 5.00 Å². The first-order valence-electron chi connectivity index (χ1n) is 9.95. The lowest BCUT2D eigenvalue weighted by molar-refractivity contribution is -0.151. The summed E-state index contributed by atoms with van der Waals surface area (Å²) in [7, 11) is 1.30. The zero-order chi connectivity index (χ0) is 21.3. The van der Waals surface area contributed by atoms with Gasteiger partial charge in [-0.05, 0) is 36.3 Å². The molecule has 1 amide bonds. The lowest BCUT2D eigenvalue weighted by atomic mass is 9.62. The molecule has 3 aliphatic carbocycles. The number of ether oxygens (including phenoxy) is 1. The van der Waals surface area contributed by atoms with E-state index in [-0.39, 0.29) is 17.7 Å². The number of carboxylic acids is 1. The third kappa shape index (κ3) is 3.89. The zero-order valence-electron chi connectivity index (χ0n) is 16.5. The Morgan fingerprint density at radius 2 is 1.77 bits per heavy atom. The van der Waals surface area contributed by atoms with E-state index >= 15 is 0 Å². The topological polar surface area (TPSA) is 92.7 Å². The molecule has 1 heterocycles. The highest BCUT2D eigenvalue weighted by Crippen LogP contribution is 2.45. The van der Waals surface area contributed by atoms with Gasteiger partial charge in [-0.25, -0.2) is 4.79 Å². The van der Waals surface area contributed by atoms with Crippen LogP contribution < -0.4 is 5.32 Å². The van der Waals surface area contributed by atoms with E-state index in [9.17, 15) is 19.5 Å². The summed E-state index contributed by atoms with van der Waals surface area (Å²) in [6.45, 7) is 0. The third-order valence-corrected chi connectivity index (χ3v) is 7.03. The number of rotatable bonds is 6. The van der Waals surface area contributed by atoms with Crippen LogP contribution in [-0.2, 0) is 20.7 Å². The van der Waals surface area contributed by atoms with Crippen molar-refractivity contribution in [2.24, 2.45) is 23.7 Å². The lowest BCUT2D eigenvalue weighted by Gasteiger charge is -2.41. The monoisotopic (exact) mass is 425 g/mol. The number of esters is 1. The molecule has 1 aromatic heterocycles. The van der Waals surface area contributed by atoms with Gasteiger partial charge >= 0.3 is 11.9 Å². The molecule has 5 rings (SSSR count). The lowest BCUT2D eigenvalue weighted by Crippen LogP contribution is -2.47. The molecule has 2 N–H and O–H groups in total. The quantitative estimate of drug-likeness (QED) is 0.540. The molecule has 0 unspecified atom stereocenters. The average molecular weight is 426 g/mol. The van der Waals surface area contributed by atoms with Gasteiger partial charge in [0, 0.05) is 11.3 Å². The van der Waals surface area contributed by atoms with E-state index in [4.69, 9.17) is 4.74 Å². The molecule has 2 bridgehead atoms. The molecule has 1 aromatic carbocycles. The molecule has 6 nitrogen and oxygen atoms in total. The number of carboxylic acid groups (broad SMARTS) is 1. The summed E-state index contributed by atoms with van der Waals surface area (Å²) in [6.07, 6.45) is 6.11. The number of carbonyl (C=O) groups excluding carboxylic acids is 2. The molecule has 30 heavy (non-hydrogen) atoms. The van der Waals surface area contributed by atoms with Crippen LogP contribution in [0.4, 0.5) is 5.00 Å². The fourth-order valence-corrected chi connectivity index (χ4v) is 5.65. The minimum absolute atomic E-state index is 0.0959. The molecule has 0 radical (unpaired) electrons. The van der Waals surface area contributed by atoms with Crippen LogP contribution in [0.15, 0.2) is 48.6 Å². The van der Waals surface area contributed by atoms with Crippen molar-refractivity contribution in [3.05, 3.63) is 64.6 Å². The number of carbonyl (C=O) groups is 3. The Labute approximate surface area is 178 Å². The maximum absolute atomic E-state index is 13.1. The number of benzene rings is 1. The Morgan fingerprint density at radius 3 is 2.37 bits per heavy atom. The van der Waals surface area contributed by atoms with E-state index in [1.807, 2.05) is 42.5 Å². The van der Waals surface area contributed by atoms with Crippen LogP contribution in [0.25, 0.3) is 0 Å². The van der Waals surface area contributed by atoms with E-state index in [1.165, 1.54) is 18.4 Å². The van der Waals surface area contributed by atoms with Crippen molar-refractivity contribution in [1.29, 1.82) is 0 Å². The number of methoxy groups -OCH3 is 1. The van der Waals surface area contributed by atoms with Crippen LogP contribution in [0.5, 0.6) is 0 Å². The minimum atomic E-state index is -0.946. The summed E-state index contributed by atoms with van der Waals surface area (Å²) < 4.78 is 4.89. The molecular formula is C23H23NO5S. The van der Waals surface area contributed by atoms with Gasteiger partial charge in [0.15, 0.2) is 0 Å². The standard InChI is InChI=1S/C23H23NO5S/c1-29-23(28)17-12-16(11-13-5-3-2-4-6-13)30-21(17)24-20(25)18-14-7-9-15(10-8-14)19(18)22(26)27/h2-7,9,12,14-15,18-19H,8,10-11H2,1H3,(H,24,25)(H,26,27)/t14-,15-,18+,19+/m0/s1. The van der Waals surface area contributed by atoms with Crippen molar-refractivity contribution in [2.45, 2.75) is 19.3 Å². The number of fused-ring (bicyclic) bond motifs is 2. The third-order valence-electron chi connectivity index (χ3n) is 5.98. The average Bonchev–Trinajstić information content (AvgIpc) is 3.15. The summed E-state index contributed by atoms with van der Waals surface area (Å²) in [5, 5.41) is 13.0. The van der Waals surface area contributed by atoms with Crippen molar-refractivity contribution in [3.63, 3.8) is 0 Å². The number of aliphatic carboxylic acids is 1. The summed E-state index contributed by atoms with van der Waals surface area (Å²) >= 11 is 1.32. The number of thiophene rings is 1. The highest BCUT2D eigenvalue weighted by molar-refractivity contribution is 7.16. The Kier molecular flexibility index (Phi) is 5.72. The second-order valence-corrected chi connectivity index (χ2v) is 8.92. The maximum Gasteiger partial charge on any atom is 0.340 e. The van der Waals surface area contributed by atoms with Crippen LogP contribution in [0.3, 0.4) is 0 Å². The molecule has 1 fully saturated rings. The Balaban J connectivity index is 1.60. The Hall–Kier alpha value is -2.93. The van der Waals surface area contributed by atoms with E-state index in [0.717, 1.165) is 23.3 Å². The summed E-state index contributed by atoms with van der Waals surface area (Å²) in [5.41, 5.74) is 1.39. The predicted octanol–water partition coefficient (Wildman–Crippen LogP) is 3.98. The largest absolute Gasteiger partial charge is 0.481 e. The minimum Gasteiger partial charge on any atom is -0.481 e. The van der Waals surface area contributed by atoms with Crippen molar-refractivity contribution >= 4 is 34.2 Å². The van der Waals surface area contributed by atoms with Crippen molar-refractivity contribution < 1.29 is 24.2 Å². The smallest absolute Gasteiger partial charge is 0.340 e. The summed E-state index contributed by atoms with van der Waals surface area (Å²) in [4.78, 5) is 38.2. The van der Waals surface area contributed by atoms with E-state index in [0.29, 0.717) is 17.0 Å². The van der Waals surface area contributed by atoms with E-state index in [2.05, 4.69) is 5.32 Å². The van der Waals surface area contributed by atoms with Crippen LogP contribution >= 0.6 is 11.3 Å². The first-order valence-corrected chi connectivity index (χ1v) is 10.8. The number of anilines is 1. The first kappa shape index (κ1) is 20.3. The number of amides is 1. The second kappa shape index (κ2) is 8.44. The molecule has 4 atom stereocenters. The molecule has 1 saturated carbocycles. The van der Waals surface area contributed by atoms with Gasteiger partial charge in [0.05, 0.1) is 24.5 Å². The molecule has 2 aromatic rings. The summed E-state index contributed by atoms with van der Waals surface area (Å²) in [5.74, 6) is -3.42. The van der Waals surface area contributed by atoms with E-state index < -0.39 is 23.8 Å². The normalized spacial score (nSPS) is 24.4.